The number of rotatable bonds is 4. The minimum atomic E-state index is 0.506. The van der Waals surface area contributed by atoms with E-state index in [9.17, 15) is 0 Å². The van der Waals surface area contributed by atoms with Crippen LogP contribution >= 0.6 is 0 Å². The van der Waals surface area contributed by atoms with Gasteiger partial charge in [0.1, 0.15) is 12.4 Å². The predicted molar refractivity (Wildman–Crippen MR) is 40.1 cm³/mol. The summed E-state index contributed by atoms with van der Waals surface area (Å²) in [5.74, 6) is 0.842. The van der Waals surface area contributed by atoms with Crippen molar-refractivity contribution in [3.8, 4) is 0 Å². The molecule has 0 atom stereocenters. The first-order valence-corrected chi connectivity index (χ1v) is 3.41. The van der Waals surface area contributed by atoms with Crippen LogP contribution in [0, 0.1) is 0 Å². The van der Waals surface area contributed by atoms with E-state index in [1.54, 1.807) is 20.5 Å². The molecule has 0 N–H and O–H groups in total. The molecule has 0 aromatic carbocycles. The summed E-state index contributed by atoms with van der Waals surface area (Å²) < 4.78 is 15.0. The van der Waals surface area contributed by atoms with E-state index in [1.807, 2.05) is 6.07 Å². The fourth-order valence-corrected chi connectivity index (χ4v) is 0.909. The molecule has 0 saturated carbocycles. The first kappa shape index (κ1) is 8.30. The minimum absolute atomic E-state index is 0.506. The van der Waals surface area contributed by atoms with Gasteiger partial charge in [0.05, 0.1) is 12.9 Å². The smallest absolute Gasteiger partial charge is 0.134 e. The topological polar surface area (TPSA) is 31.6 Å². The second-order valence-electron chi connectivity index (χ2n) is 2.24. The van der Waals surface area contributed by atoms with E-state index < -0.39 is 0 Å². The zero-order valence-electron chi connectivity index (χ0n) is 6.79. The normalized spacial score (nSPS) is 10.4. The van der Waals surface area contributed by atoms with Crippen molar-refractivity contribution in [2.75, 3.05) is 14.2 Å². The van der Waals surface area contributed by atoms with Crippen molar-refractivity contribution < 1.29 is 13.9 Å². The molecule has 0 amide bonds. The molecule has 0 fully saturated rings. The standard InChI is InChI=1S/C8H12O3/c1-9-5-7-3-4-11-8(7)6-10-2/h3-4H,5-6H2,1-2H3. The second-order valence-corrected chi connectivity index (χ2v) is 2.24. The maximum absolute atomic E-state index is 5.15. The SMILES string of the molecule is COCc1ccoc1COC. The lowest BCUT2D eigenvalue weighted by Gasteiger charge is -1.98. The fourth-order valence-electron chi connectivity index (χ4n) is 0.909. The lowest BCUT2D eigenvalue weighted by molar-refractivity contribution is 0.152. The van der Waals surface area contributed by atoms with E-state index >= 15 is 0 Å². The quantitative estimate of drug-likeness (QED) is 0.663. The fraction of sp³-hybridized carbons (Fsp3) is 0.500. The van der Waals surface area contributed by atoms with E-state index in [2.05, 4.69) is 0 Å². The number of ether oxygens (including phenoxy) is 2. The Labute approximate surface area is 65.9 Å². The summed E-state index contributed by atoms with van der Waals surface area (Å²) in [6, 6.07) is 1.89. The molecule has 1 rings (SSSR count). The van der Waals surface area contributed by atoms with Gasteiger partial charge < -0.3 is 13.9 Å². The minimum Gasteiger partial charge on any atom is -0.467 e. The molecule has 1 heterocycles. The van der Waals surface area contributed by atoms with E-state index in [4.69, 9.17) is 13.9 Å². The summed E-state index contributed by atoms with van der Waals surface area (Å²) >= 11 is 0. The van der Waals surface area contributed by atoms with Crippen molar-refractivity contribution in [3.63, 3.8) is 0 Å². The van der Waals surface area contributed by atoms with Crippen LogP contribution in [0.4, 0.5) is 0 Å². The maximum Gasteiger partial charge on any atom is 0.134 e. The van der Waals surface area contributed by atoms with Crippen molar-refractivity contribution in [2.45, 2.75) is 13.2 Å². The highest BCUT2D eigenvalue weighted by Gasteiger charge is 2.03. The number of hydrogen-bond donors (Lipinski definition) is 0. The molecule has 0 aliphatic rings. The molecule has 1 aromatic rings. The van der Waals surface area contributed by atoms with Gasteiger partial charge in [0.15, 0.2) is 0 Å². The van der Waals surface area contributed by atoms with Crippen LogP contribution in [0.15, 0.2) is 16.7 Å². The lowest BCUT2D eigenvalue weighted by Crippen LogP contribution is -1.92. The first-order chi connectivity index (χ1) is 5.38. The zero-order chi connectivity index (χ0) is 8.10. The molecule has 0 radical (unpaired) electrons. The summed E-state index contributed by atoms with van der Waals surface area (Å²) in [4.78, 5) is 0. The highest BCUT2D eigenvalue weighted by atomic mass is 16.5. The van der Waals surface area contributed by atoms with Crippen molar-refractivity contribution in [3.05, 3.63) is 23.7 Å². The van der Waals surface area contributed by atoms with Crippen LogP contribution in [0.3, 0.4) is 0 Å². The van der Waals surface area contributed by atoms with Gasteiger partial charge in [-0.15, -0.1) is 0 Å². The lowest BCUT2D eigenvalue weighted by atomic mass is 10.3. The molecule has 1 aromatic heterocycles. The Morgan fingerprint density at radius 1 is 1.27 bits per heavy atom. The van der Waals surface area contributed by atoms with E-state index in [0.717, 1.165) is 11.3 Å². The molecule has 3 nitrogen and oxygen atoms in total. The van der Waals surface area contributed by atoms with Gasteiger partial charge in [-0.2, -0.15) is 0 Å². The van der Waals surface area contributed by atoms with Crippen LogP contribution in [0.1, 0.15) is 11.3 Å². The van der Waals surface area contributed by atoms with Gasteiger partial charge in [-0.1, -0.05) is 0 Å². The van der Waals surface area contributed by atoms with Crippen LogP contribution in [0.2, 0.25) is 0 Å². The molecule has 0 saturated heterocycles. The number of methoxy groups -OCH3 is 2. The average Bonchev–Trinajstić information content (AvgIpc) is 2.39. The van der Waals surface area contributed by atoms with Crippen molar-refractivity contribution >= 4 is 0 Å². The van der Waals surface area contributed by atoms with Gasteiger partial charge in [0.25, 0.3) is 0 Å². The third-order valence-electron chi connectivity index (χ3n) is 1.41. The van der Waals surface area contributed by atoms with Crippen LogP contribution in [0.25, 0.3) is 0 Å². The Morgan fingerprint density at radius 3 is 2.64 bits per heavy atom. The Kier molecular flexibility index (Phi) is 3.14. The average molecular weight is 156 g/mol. The Morgan fingerprint density at radius 2 is 2.00 bits per heavy atom. The maximum atomic E-state index is 5.15. The summed E-state index contributed by atoms with van der Waals surface area (Å²) in [6.45, 7) is 1.08. The summed E-state index contributed by atoms with van der Waals surface area (Å²) in [7, 11) is 3.29. The summed E-state index contributed by atoms with van der Waals surface area (Å²) in [6.07, 6.45) is 1.64. The van der Waals surface area contributed by atoms with Gasteiger partial charge in [0, 0.05) is 19.8 Å². The number of hydrogen-bond acceptors (Lipinski definition) is 3. The van der Waals surface area contributed by atoms with Gasteiger partial charge in [-0.3, -0.25) is 0 Å². The Bertz CT molecular complexity index is 184. The molecule has 0 aliphatic carbocycles. The van der Waals surface area contributed by atoms with Gasteiger partial charge >= 0.3 is 0 Å². The molecule has 0 unspecified atom stereocenters. The molecule has 0 spiro atoms. The van der Waals surface area contributed by atoms with E-state index in [-0.39, 0.29) is 0 Å². The molecule has 0 bridgehead atoms. The molecule has 0 aliphatic heterocycles. The monoisotopic (exact) mass is 156 g/mol. The highest BCUT2D eigenvalue weighted by molar-refractivity contribution is 5.14. The van der Waals surface area contributed by atoms with Gasteiger partial charge in [0.2, 0.25) is 0 Å². The zero-order valence-corrected chi connectivity index (χ0v) is 6.79. The first-order valence-electron chi connectivity index (χ1n) is 3.41. The predicted octanol–water partition coefficient (Wildman–Crippen LogP) is 1.57. The van der Waals surface area contributed by atoms with Crippen molar-refractivity contribution in [2.24, 2.45) is 0 Å². The van der Waals surface area contributed by atoms with E-state index in [1.165, 1.54) is 0 Å². The molecular formula is C8H12O3. The molecule has 62 valence electrons. The number of furan rings is 1. The second kappa shape index (κ2) is 4.16. The third kappa shape index (κ3) is 2.06. The summed E-state index contributed by atoms with van der Waals surface area (Å²) in [5, 5.41) is 0. The van der Waals surface area contributed by atoms with Crippen molar-refractivity contribution in [1.29, 1.82) is 0 Å². The summed E-state index contributed by atoms with van der Waals surface area (Å²) in [5.41, 5.74) is 1.05. The van der Waals surface area contributed by atoms with Crippen LogP contribution in [0.5, 0.6) is 0 Å². The van der Waals surface area contributed by atoms with Crippen molar-refractivity contribution in [1.82, 2.24) is 0 Å². The molecular weight excluding hydrogens is 144 g/mol. The largest absolute Gasteiger partial charge is 0.467 e. The molecule has 11 heavy (non-hydrogen) atoms. The Balaban J connectivity index is 2.62. The molecule has 3 heteroatoms. The van der Waals surface area contributed by atoms with Crippen LogP contribution < -0.4 is 0 Å². The van der Waals surface area contributed by atoms with E-state index in [0.29, 0.717) is 13.2 Å². The van der Waals surface area contributed by atoms with Gasteiger partial charge in [-0.05, 0) is 6.07 Å². The van der Waals surface area contributed by atoms with Crippen LogP contribution in [-0.2, 0) is 22.7 Å². The third-order valence-corrected chi connectivity index (χ3v) is 1.41. The van der Waals surface area contributed by atoms with Gasteiger partial charge in [-0.25, -0.2) is 0 Å². The Hall–Kier alpha value is -0.800. The van der Waals surface area contributed by atoms with Crippen LogP contribution in [-0.4, -0.2) is 14.2 Å². The highest BCUT2D eigenvalue weighted by Crippen LogP contribution is 2.11.